The van der Waals surface area contributed by atoms with Crippen LogP contribution in [0.4, 0.5) is 0 Å². The second-order valence-corrected chi connectivity index (χ2v) is 5.49. The maximum absolute atomic E-state index is 3.51. The van der Waals surface area contributed by atoms with E-state index >= 15 is 0 Å². The number of nitrogens with one attached hydrogen (secondary N) is 1. The summed E-state index contributed by atoms with van der Waals surface area (Å²) >= 11 is 0. The lowest BCUT2D eigenvalue weighted by atomic mass is 10.1. The second kappa shape index (κ2) is 6.49. The summed E-state index contributed by atoms with van der Waals surface area (Å²) < 4.78 is 0. The van der Waals surface area contributed by atoms with Crippen LogP contribution in [0.15, 0.2) is 0 Å². The first kappa shape index (κ1) is 13.0. The summed E-state index contributed by atoms with van der Waals surface area (Å²) in [6.07, 6.45) is 5.49. The van der Waals surface area contributed by atoms with E-state index in [4.69, 9.17) is 0 Å². The molecule has 0 aromatic heterocycles. The van der Waals surface area contributed by atoms with Gasteiger partial charge in [0.1, 0.15) is 0 Å². The Hall–Kier alpha value is -0.0800. The molecule has 0 amide bonds. The summed E-state index contributed by atoms with van der Waals surface area (Å²) in [5.41, 5.74) is 0. The number of hydrogen-bond donors (Lipinski definition) is 1. The van der Waals surface area contributed by atoms with E-state index < -0.39 is 0 Å². The molecule has 1 N–H and O–H groups in total. The zero-order valence-electron chi connectivity index (χ0n) is 10.9. The normalized spacial score (nSPS) is 18.8. The molecule has 0 aromatic rings. The van der Waals surface area contributed by atoms with Crippen molar-refractivity contribution >= 4 is 0 Å². The first-order valence-corrected chi connectivity index (χ1v) is 6.54. The summed E-state index contributed by atoms with van der Waals surface area (Å²) in [4.78, 5) is 2.56. The Bertz CT molecular complexity index is 164. The lowest BCUT2D eigenvalue weighted by molar-refractivity contribution is 0.232. The van der Waals surface area contributed by atoms with E-state index in [2.05, 4.69) is 38.0 Å². The highest BCUT2D eigenvalue weighted by molar-refractivity contribution is 4.85. The molecular weight excluding hydrogens is 184 g/mol. The first-order chi connectivity index (χ1) is 7.11. The standard InChI is InChI=1S/C13H28N2/c1-11(2)10-14-9-5-6-12(3)15(4)13-7-8-13/h11-14H,5-10H2,1-4H3. The van der Waals surface area contributed by atoms with E-state index in [1.54, 1.807) is 0 Å². The Morgan fingerprint density at radius 2 is 1.93 bits per heavy atom. The predicted molar refractivity (Wildman–Crippen MR) is 67.2 cm³/mol. The molecule has 2 nitrogen and oxygen atoms in total. The molecule has 1 saturated carbocycles. The molecule has 0 aromatic carbocycles. The van der Waals surface area contributed by atoms with Gasteiger partial charge in [0.2, 0.25) is 0 Å². The zero-order chi connectivity index (χ0) is 11.3. The van der Waals surface area contributed by atoms with Crippen molar-refractivity contribution in [3.05, 3.63) is 0 Å². The van der Waals surface area contributed by atoms with E-state index in [1.807, 2.05) is 0 Å². The predicted octanol–water partition coefficient (Wildman–Crippen LogP) is 2.49. The van der Waals surface area contributed by atoms with E-state index in [1.165, 1.54) is 32.2 Å². The van der Waals surface area contributed by atoms with Crippen LogP contribution in [0.5, 0.6) is 0 Å². The van der Waals surface area contributed by atoms with Crippen molar-refractivity contribution < 1.29 is 0 Å². The van der Waals surface area contributed by atoms with Crippen LogP contribution >= 0.6 is 0 Å². The molecule has 2 heteroatoms. The third-order valence-electron chi connectivity index (χ3n) is 3.35. The molecule has 0 bridgehead atoms. The highest BCUT2D eigenvalue weighted by Crippen LogP contribution is 2.27. The smallest absolute Gasteiger partial charge is 0.00961 e. The largest absolute Gasteiger partial charge is 0.316 e. The van der Waals surface area contributed by atoms with Crippen LogP contribution in [0.2, 0.25) is 0 Å². The summed E-state index contributed by atoms with van der Waals surface area (Å²) in [5, 5.41) is 3.51. The Kier molecular flexibility index (Phi) is 5.62. The number of hydrogen-bond acceptors (Lipinski definition) is 2. The van der Waals surface area contributed by atoms with Crippen molar-refractivity contribution in [1.82, 2.24) is 10.2 Å². The van der Waals surface area contributed by atoms with Gasteiger partial charge < -0.3 is 10.2 Å². The molecule has 90 valence electrons. The van der Waals surface area contributed by atoms with Gasteiger partial charge in [-0.05, 0) is 58.7 Å². The Morgan fingerprint density at radius 1 is 1.27 bits per heavy atom. The molecule has 1 unspecified atom stereocenters. The van der Waals surface area contributed by atoms with Crippen LogP contribution < -0.4 is 5.32 Å². The SMILES string of the molecule is CC(C)CNCCCC(C)N(C)C1CC1. The van der Waals surface area contributed by atoms with E-state index in [9.17, 15) is 0 Å². The van der Waals surface area contributed by atoms with Crippen molar-refractivity contribution in [1.29, 1.82) is 0 Å². The number of nitrogens with zero attached hydrogens (tertiary/aromatic N) is 1. The average Bonchev–Trinajstić information content (AvgIpc) is 2.98. The molecule has 15 heavy (non-hydrogen) atoms. The van der Waals surface area contributed by atoms with Crippen molar-refractivity contribution in [2.45, 2.75) is 58.5 Å². The molecule has 0 spiro atoms. The van der Waals surface area contributed by atoms with Crippen LogP contribution in [0.25, 0.3) is 0 Å². The summed E-state index contributed by atoms with van der Waals surface area (Å²) in [7, 11) is 2.28. The molecule has 1 fully saturated rings. The Morgan fingerprint density at radius 3 is 2.47 bits per heavy atom. The lowest BCUT2D eigenvalue weighted by Crippen LogP contribution is -2.32. The van der Waals surface area contributed by atoms with Gasteiger partial charge in [-0.1, -0.05) is 13.8 Å². The fourth-order valence-corrected chi connectivity index (χ4v) is 1.96. The second-order valence-electron chi connectivity index (χ2n) is 5.49. The van der Waals surface area contributed by atoms with Gasteiger partial charge in [-0.3, -0.25) is 0 Å². The lowest BCUT2D eigenvalue weighted by Gasteiger charge is -2.24. The van der Waals surface area contributed by atoms with Gasteiger partial charge in [0.05, 0.1) is 0 Å². The summed E-state index contributed by atoms with van der Waals surface area (Å²) in [6, 6.07) is 1.67. The van der Waals surface area contributed by atoms with Gasteiger partial charge in [0.25, 0.3) is 0 Å². The van der Waals surface area contributed by atoms with Gasteiger partial charge in [-0.2, -0.15) is 0 Å². The zero-order valence-corrected chi connectivity index (χ0v) is 10.9. The van der Waals surface area contributed by atoms with Crippen molar-refractivity contribution in [2.75, 3.05) is 20.1 Å². The van der Waals surface area contributed by atoms with E-state index in [0.29, 0.717) is 0 Å². The fraction of sp³-hybridized carbons (Fsp3) is 1.00. The highest BCUT2D eigenvalue weighted by atomic mass is 15.2. The average molecular weight is 212 g/mol. The summed E-state index contributed by atoms with van der Waals surface area (Å²) in [5.74, 6) is 0.775. The molecule has 0 radical (unpaired) electrons. The number of rotatable bonds is 8. The third-order valence-corrected chi connectivity index (χ3v) is 3.35. The molecule has 1 aliphatic carbocycles. The van der Waals surface area contributed by atoms with Crippen molar-refractivity contribution in [3.8, 4) is 0 Å². The van der Waals surface area contributed by atoms with Gasteiger partial charge in [0.15, 0.2) is 0 Å². The molecule has 1 aliphatic rings. The van der Waals surface area contributed by atoms with Crippen molar-refractivity contribution in [3.63, 3.8) is 0 Å². The molecule has 1 rings (SSSR count). The maximum atomic E-state index is 3.51. The molecule has 0 heterocycles. The van der Waals surface area contributed by atoms with Gasteiger partial charge in [0, 0.05) is 12.1 Å². The fourth-order valence-electron chi connectivity index (χ4n) is 1.96. The topological polar surface area (TPSA) is 15.3 Å². The van der Waals surface area contributed by atoms with Crippen LogP contribution in [-0.2, 0) is 0 Å². The van der Waals surface area contributed by atoms with Gasteiger partial charge >= 0.3 is 0 Å². The van der Waals surface area contributed by atoms with Crippen LogP contribution in [-0.4, -0.2) is 37.1 Å². The van der Waals surface area contributed by atoms with Crippen LogP contribution in [0.3, 0.4) is 0 Å². The summed E-state index contributed by atoms with van der Waals surface area (Å²) in [6.45, 7) is 9.22. The first-order valence-electron chi connectivity index (χ1n) is 6.54. The third kappa shape index (κ3) is 5.53. The minimum absolute atomic E-state index is 0.762. The van der Waals surface area contributed by atoms with E-state index in [-0.39, 0.29) is 0 Å². The minimum atomic E-state index is 0.762. The molecule has 0 aliphatic heterocycles. The van der Waals surface area contributed by atoms with E-state index in [0.717, 1.165) is 24.5 Å². The Balaban J connectivity index is 1.94. The van der Waals surface area contributed by atoms with Crippen LogP contribution in [0.1, 0.15) is 46.5 Å². The molecular formula is C13H28N2. The van der Waals surface area contributed by atoms with Gasteiger partial charge in [-0.25, -0.2) is 0 Å². The van der Waals surface area contributed by atoms with Crippen molar-refractivity contribution in [2.24, 2.45) is 5.92 Å². The minimum Gasteiger partial charge on any atom is -0.316 e. The van der Waals surface area contributed by atoms with Gasteiger partial charge in [-0.15, -0.1) is 0 Å². The quantitative estimate of drug-likeness (QED) is 0.622. The molecule has 1 atom stereocenters. The van der Waals surface area contributed by atoms with Crippen LogP contribution in [0, 0.1) is 5.92 Å². The monoisotopic (exact) mass is 212 g/mol. The highest BCUT2D eigenvalue weighted by Gasteiger charge is 2.28. The maximum Gasteiger partial charge on any atom is 0.00961 e. The Labute approximate surface area is 95.4 Å². The molecule has 0 saturated heterocycles.